The Morgan fingerprint density at radius 1 is 1.56 bits per heavy atom. The van der Waals surface area contributed by atoms with Crippen LogP contribution in [0.1, 0.15) is 20.2 Å². The van der Waals surface area contributed by atoms with Gasteiger partial charge in [-0.15, -0.1) is 0 Å². The fourth-order valence-corrected chi connectivity index (χ4v) is 1.52. The van der Waals surface area contributed by atoms with E-state index in [-0.39, 0.29) is 28.4 Å². The minimum Gasteiger partial charge on any atom is -0.493 e. The molecule has 0 saturated carbocycles. The van der Waals surface area contributed by atoms with Crippen LogP contribution in [-0.4, -0.2) is 33.0 Å². The second-order valence-corrected chi connectivity index (χ2v) is 3.62. The van der Waals surface area contributed by atoms with Crippen LogP contribution in [0.15, 0.2) is 18.3 Å². The maximum absolute atomic E-state index is 11.6. The summed E-state index contributed by atoms with van der Waals surface area (Å²) in [6.45, 7) is -2.49. The molecule has 0 atom stereocenters. The van der Waals surface area contributed by atoms with Gasteiger partial charge in [0.25, 0.3) is 0 Å². The normalized spacial score (nSPS) is 13.6. The molecule has 0 aromatic carbocycles. The highest BCUT2D eigenvalue weighted by Crippen LogP contribution is 2.27. The Balaban J connectivity index is 2.66. The van der Waals surface area contributed by atoms with Gasteiger partial charge in [0.15, 0.2) is 0 Å². The quantitative estimate of drug-likeness (QED) is 0.812. The van der Waals surface area contributed by atoms with E-state index in [0.717, 1.165) is 6.07 Å². The summed E-state index contributed by atoms with van der Waals surface area (Å²) in [7, 11) is 2.71. The third-order valence-electron chi connectivity index (χ3n) is 2.43. The minimum absolute atomic E-state index is 0.0388. The van der Waals surface area contributed by atoms with E-state index in [2.05, 4.69) is 14.8 Å². The van der Waals surface area contributed by atoms with E-state index in [1.165, 1.54) is 31.1 Å². The molecule has 0 aliphatic carbocycles. The molecule has 0 radical (unpaired) electrons. The number of hydrogen-bond acceptors (Lipinski definition) is 5. The van der Waals surface area contributed by atoms with Crippen molar-refractivity contribution >= 4 is 5.97 Å². The summed E-state index contributed by atoms with van der Waals surface area (Å²) in [5.74, 6) is -0.867. The van der Waals surface area contributed by atoms with Crippen LogP contribution in [-0.2, 0) is 11.8 Å². The summed E-state index contributed by atoms with van der Waals surface area (Å²) in [5.41, 5.74) is 0.143. The summed E-state index contributed by atoms with van der Waals surface area (Å²) in [4.78, 5) is 15.6. The zero-order valence-corrected chi connectivity index (χ0v) is 9.84. The standard InChI is InChI=1S/C12H13N3O3/c1-7-4-8(12(17)18-3)5-10(14-7)9-6-13-15(2)11(9)16/h4-6,16H,1-3H3/i1D3. The van der Waals surface area contributed by atoms with Gasteiger partial charge in [-0.05, 0) is 19.0 Å². The van der Waals surface area contributed by atoms with E-state index in [4.69, 9.17) is 4.11 Å². The number of aryl methyl sites for hydroxylation is 2. The second kappa shape index (κ2) is 4.48. The number of pyridine rings is 1. The van der Waals surface area contributed by atoms with E-state index >= 15 is 0 Å². The van der Waals surface area contributed by atoms with Gasteiger partial charge in [0.2, 0.25) is 5.88 Å². The molecule has 2 aromatic rings. The van der Waals surface area contributed by atoms with E-state index in [9.17, 15) is 9.90 Å². The monoisotopic (exact) mass is 250 g/mol. The van der Waals surface area contributed by atoms with Crippen LogP contribution < -0.4 is 0 Å². The third-order valence-corrected chi connectivity index (χ3v) is 2.43. The SMILES string of the molecule is [2H]C([2H])([2H])c1cc(C(=O)OC)cc(-c2cnn(C)c2O)n1. The highest BCUT2D eigenvalue weighted by Gasteiger charge is 2.14. The molecular weight excluding hydrogens is 234 g/mol. The molecule has 1 N–H and O–H groups in total. The third kappa shape index (κ3) is 2.04. The number of ether oxygens (including phenoxy) is 1. The number of nitrogens with zero attached hydrogens (tertiary/aromatic N) is 3. The molecule has 0 aliphatic heterocycles. The summed E-state index contributed by atoms with van der Waals surface area (Å²) in [6, 6.07) is 2.49. The first kappa shape index (κ1) is 8.68. The topological polar surface area (TPSA) is 77.2 Å². The molecule has 0 aliphatic rings. The van der Waals surface area contributed by atoms with Crippen LogP contribution >= 0.6 is 0 Å². The number of esters is 1. The average molecular weight is 250 g/mol. The molecule has 0 unspecified atom stereocenters. The largest absolute Gasteiger partial charge is 0.493 e. The minimum atomic E-state index is -2.49. The molecule has 2 heterocycles. The molecule has 94 valence electrons. The Morgan fingerprint density at radius 3 is 2.89 bits per heavy atom. The fourth-order valence-electron chi connectivity index (χ4n) is 1.52. The van der Waals surface area contributed by atoms with Gasteiger partial charge in [0, 0.05) is 16.9 Å². The van der Waals surface area contributed by atoms with Crippen molar-refractivity contribution in [3.8, 4) is 17.1 Å². The van der Waals surface area contributed by atoms with Crippen molar-refractivity contribution < 1.29 is 18.8 Å². The van der Waals surface area contributed by atoms with Crippen molar-refractivity contribution in [2.45, 2.75) is 6.85 Å². The van der Waals surface area contributed by atoms with Gasteiger partial charge < -0.3 is 9.84 Å². The molecule has 6 heteroatoms. The Hall–Kier alpha value is -2.37. The van der Waals surface area contributed by atoms with Gasteiger partial charge in [-0.2, -0.15) is 5.10 Å². The van der Waals surface area contributed by atoms with Gasteiger partial charge in [0.1, 0.15) is 0 Å². The van der Waals surface area contributed by atoms with Crippen LogP contribution in [0.5, 0.6) is 5.88 Å². The van der Waals surface area contributed by atoms with Crippen molar-refractivity contribution in [3.63, 3.8) is 0 Å². The predicted molar refractivity (Wildman–Crippen MR) is 64.2 cm³/mol. The van der Waals surface area contributed by atoms with E-state index in [1.54, 1.807) is 0 Å². The smallest absolute Gasteiger partial charge is 0.337 e. The van der Waals surface area contributed by atoms with Crippen LogP contribution in [0, 0.1) is 6.85 Å². The Morgan fingerprint density at radius 2 is 2.33 bits per heavy atom. The lowest BCUT2D eigenvalue weighted by molar-refractivity contribution is 0.0600. The van der Waals surface area contributed by atoms with Crippen molar-refractivity contribution in [2.24, 2.45) is 7.05 Å². The molecule has 2 rings (SSSR count). The highest BCUT2D eigenvalue weighted by atomic mass is 16.5. The summed E-state index contributed by atoms with van der Waals surface area (Å²) < 4.78 is 28.1. The molecule has 0 spiro atoms. The Kier molecular flexibility index (Phi) is 2.16. The highest BCUT2D eigenvalue weighted by molar-refractivity contribution is 5.90. The van der Waals surface area contributed by atoms with Gasteiger partial charge in [-0.1, -0.05) is 0 Å². The number of carbonyl (C=O) groups is 1. The maximum atomic E-state index is 11.6. The van der Waals surface area contributed by atoms with Gasteiger partial charge in [-0.3, -0.25) is 4.98 Å². The number of hydrogen-bond donors (Lipinski definition) is 1. The van der Waals surface area contributed by atoms with E-state index < -0.39 is 12.8 Å². The number of aromatic hydroxyl groups is 1. The summed E-state index contributed by atoms with van der Waals surface area (Å²) in [5, 5.41) is 13.7. The van der Waals surface area contributed by atoms with Crippen LogP contribution in [0.2, 0.25) is 0 Å². The van der Waals surface area contributed by atoms with Crippen molar-refractivity contribution in [1.82, 2.24) is 14.8 Å². The molecule has 0 amide bonds. The lowest BCUT2D eigenvalue weighted by Gasteiger charge is -2.04. The lowest BCUT2D eigenvalue weighted by Crippen LogP contribution is -2.03. The summed E-state index contributed by atoms with van der Waals surface area (Å²) >= 11 is 0. The van der Waals surface area contributed by atoms with Crippen molar-refractivity contribution in [3.05, 3.63) is 29.6 Å². The molecule has 2 aromatic heterocycles. The van der Waals surface area contributed by atoms with Crippen LogP contribution in [0.4, 0.5) is 0 Å². The first-order valence-electron chi connectivity index (χ1n) is 6.56. The Labute approximate surface area is 108 Å². The van der Waals surface area contributed by atoms with E-state index in [0.29, 0.717) is 0 Å². The first-order valence-corrected chi connectivity index (χ1v) is 5.06. The molecule has 6 nitrogen and oxygen atoms in total. The van der Waals surface area contributed by atoms with Gasteiger partial charge in [0.05, 0.1) is 30.1 Å². The van der Waals surface area contributed by atoms with Crippen molar-refractivity contribution in [2.75, 3.05) is 7.11 Å². The number of rotatable bonds is 2. The average Bonchev–Trinajstić information content (AvgIpc) is 2.76. The number of carbonyl (C=O) groups excluding carboxylic acids is 1. The van der Waals surface area contributed by atoms with Crippen LogP contribution in [0.3, 0.4) is 0 Å². The van der Waals surface area contributed by atoms with E-state index in [1.807, 2.05) is 0 Å². The second-order valence-electron chi connectivity index (χ2n) is 3.62. The lowest BCUT2D eigenvalue weighted by atomic mass is 10.1. The molecule has 0 bridgehead atoms. The maximum Gasteiger partial charge on any atom is 0.337 e. The number of aromatic nitrogens is 3. The number of methoxy groups -OCH3 is 1. The first-order chi connectivity index (χ1) is 9.74. The molecule has 0 saturated heterocycles. The van der Waals surface area contributed by atoms with Crippen molar-refractivity contribution in [1.29, 1.82) is 0 Å². The zero-order valence-electron chi connectivity index (χ0n) is 12.8. The zero-order chi connectivity index (χ0) is 15.8. The fraction of sp³-hybridized carbons (Fsp3) is 0.250. The predicted octanol–water partition coefficient (Wildman–Crippen LogP) is 1.28. The molecule has 18 heavy (non-hydrogen) atoms. The molecular formula is C12H13N3O3. The van der Waals surface area contributed by atoms with Gasteiger partial charge in [-0.25, -0.2) is 9.48 Å². The Bertz CT molecular complexity index is 695. The van der Waals surface area contributed by atoms with Gasteiger partial charge >= 0.3 is 5.97 Å². The summed E-state index contributed by atoms with van der Waals surface area (Å²) in [6.07, 6.45) is 1.34. The van der Waals surface area contributed by atoms with Crippen LogP contribution in [0.25, 0.3) is 11.3 Å². The molecule has 0 fully saturated rings.